The summed E-state index contributed by atoms with van der Waals surface area (Å²) in [5.74, 6) is 0.864. The molecule has 2 nitrogen and oxygen atoms in total. The maximum Gasteiger partial charge on any atom is 0.161 e. The number of nitrogens with zero attached hydrogens (tertiary/aromatic N) is 1. The molecule has 0 aromatic heterocycles. The standard InChI is InChI=1S/C13H17FN2S/c1-9-4-5-10(8-11(9)14)15-12-16-13(2,3)6-7-17-12/h4-5,8H,6-7H2,1-3H3,(H,15,16). The molecule has 4 heteroatoms. The molecule has 0 saturated heterocycles. The lowest BCUT2D eigenvalue weighted by atomic mass is 10.0. The van der Waals surface area contributed by atoms with E-state index in [4.69, 9.17) is 0 Å². The summed E-state index contributed by atoms with van der Waals surface area (Å²) in [6, 6.07) is 5.17. The highest BCUT2D eigenvalue weighted by Crippen LogP contribution is 2.27. The van der Waals surface area contributed by atoms with Gasteiger partial charge in [-0.15, -0.1) is 0 Å². The smallest absolute Gasteiger partial charge is 0.161 e. The van der Waals surface area contributed by atoms with Crippen molar-refractivity contribution in [3.8, 4) is 0 Å². The number of benzene rings is 1. The third kappa shape index (κ3) is 3.22. The minimum atomic E-state index is -0.185. The van der Waals surface area contributed by atoms with Crippen LogP contribution in [-0.4, -0.2) is 16.5 Å². The number of amidine groups is 1. The first kappa shape index (κ1) is 12.4. The molecule has 1 aliphatic heterocycles. The Morgan fingerprint density at radius 3 is 2.82 bits per heavy atom. The topological polar surface area (TPSA) is 24.4 Å². The zero-order valence-electron chi connectivity index (χ0n) is 10.4. The van der Waals surface area contributed by atoms with Crippen molar-refractivity contribution in [2.75, 3.05) is 11.1 Å². The van der Waals surface area contributed by atoms with Crippen molar-refractivity contribution >= 4 is 22.6 Å². The Morgan fingerprint density at radius 2 is 2.18 bits per heavy atom. The predicted octanol–water partition coefficient (Wildman–Crippen LogP) is 3.82. The average Bonchev–Trinajstić information content (AvgIpc) is 2.22. The van der Waals surface area contributed by atoms with Gasteiger partial charge in [0.2, 0.25) is 0 Å². The van der Waals surface area contributed by atoms with Crippen molar-refractivity contribution in [1.29, 1.82) is 0 Å². The van der Waals surface area contributed by atoms with Crippen LogP contribution in [0.25, 0.3) is 0 Å². The number of aliphatic imine (C=N–C) groups is 1. The summed E-state index contributed by atoms with van der Waals surface area (Å²) in [5, 5.41) is 4.06. The van der Waals surface area contributed by atoms with Crippen LogP contribution in [0.3, 0.4) is 0 Å². The highest BCUT2D eigenvalue weighted by molar-refractivity contribution is 8.14. The van der Waals surface area contributed by atoms with Gasteiger partial charge in [0.25, 0.3) is 0 Å². The Hall–Kier alpha value is -1.03. The second-order valence-electron chi connectivity index (χ2n) is 4.92. The molecule has 0 aliphatic carbocycles. The normalized spacial score (nSPS) is 18.7. The average molecular weight is 252 g/mol. The summed E-state index contributed by atoms with van der Waals surface area (Å²) in [4.78, 5) is 4.61. The zero-order chi connectivity index (χ0) is 12.5. The molecule has 1 aromatic carbocycles. The van der Waals surface area contributed by atoms with Crippen molar-refractivity contribution < 1.29 is 4.39 Å². The molecule has 1 aromatic rings. The van der Waals surface area contributed by atoms with Crippen LogP contribution in [0.15, 0.2) is 23.2 Å². The Morgan fingerprint density at radius 1 is 1.41 bits per heavy atom. The van der Waals surface area contributed by atoms with Crippen LogP contribution in [0.5, 0.6) is 0 Å². The Labute approximate surface area is 106 Å². The number of hydrogen-bond donors (Lipinski definition) is 1. The molecule has 1 heterocycles. The lowest BCUT2D eigenvalue weighted by Gasteiger charge is -2.26. The third-order valence-corrected chi connectivity index (χ3v) is 3.65. The van der Waals surface area contributed by atoms with Crippen molar-refractivity contribution in [3.05, 3.63) is 29.6 Å². The molecule has 17 heavy (non-hydrogen) atoms. The predicted molar refractivity (Wildman–Crippen MR) is 73.3 cm³/mol. The second kappa shape index (κ2) is 4.69. The fourth-order valence-electron chi connectivity index (χ4n) is 1.62. The molecule has 0 amide bonds. The first-order chi connectivity index (χ1) is 7.96. The number of rotatable bonds is 1. The molecule has 1 N–H and O–H groups in total. The van der Waals surface area contributed by atoms with Crippen molar-refractivity contribution in [2.24, 2.45) is 4.99 Å². The Kier molecular flexibility index (Phi) is 3.43. The highest BCUT2D eigenvalue weighted by atomic mass is 32.2. The summed E-state index contributed by atoms with van der Waals surface area (Å²) in [5.41, 5.74) is 1.41. The zero-order valence-corrected chi connectivity index (χ0v) is 11.2. The minimum Gasteiger partial charge on any atom is -0.335 e. The van der Waals surface area contributed by atoms with Crippen LogP contribution in [0.1, 0.15) is 25.8 Å². The summed E-state index contributed by atoms with van der Waals surface area (Å²) < 4.78 is 13.4. The third-order valence-electron chi connectivity index (χ3n) is 2.78. The van der Waals surface area contributed by atoms with E-state index in [1.54, 1.807) is 24.8 Å². The van der Waals surface area contributed by atoms with Gasteiger partial charge in [-0.2, -0.15) is 0 Å². The monoisotopic (exact) mass is 252 g/mol. The molecule has 0 saturated carbocycles. The van der Waals surface area contributed by atoms with E-state index >= 15 is 0 Å². The molecular formula is C13H17FN2S. The molecule has 0 atom stereocenters. The molecule has 0 fully saturated rings. The summed E-state index contributed by atoms with van der Waals surface area (Å²) in [7, 11) is 0. The number of aryl methyl sites for hydroxylation is 1. The largest absolute Gasteiger partial charge is 0.335 e. The van der Waals surface area contributed by atoms with Crippen LogP contribution < -0.4 is 5.32 Å². The minimum absolute atomic E-state index is 0.0170. The van der Waals surface area contributed by atoms with E-state index in [1.165, 1.54) is 6.07 Å². The van der Waals surface area contributed by atoms with Gasteiger partial charge in [-0.25, -0.2) is 4.39 Å². The molecule has 2 rings (SSSR count). The maximum atomic E-state index is 13.4. The van der Waals surface area contributed by atoms with Crippen LogP contribution in [0, 0.1) is 12.7 Å². The van der Waals surface area contributed by atoms with Gasteiger partial charge in [-0.3, -0.25) is 4.99 Å². The molecule has 0 unspecified atom stereocenters. The lowest BCUT2D eigenvalue weighted by molar-refractivity contribution is 0.507. The number of anilines is 1. The van der Waals surface area contributed by atoms with E-state index < -0.39 is 0 Å². The van der Waals surface area contributed by atoms with Crippen LogP contribution in [0.2, 0.25) is 0 Å². The maximum absolute atomic E-state index is 13.4. The van der Waals surface area contributed by atoms with Gasteiger partial charge in [-0.05, 0) is 44.9 Å². The Bertz CT molecular complexity index is 455. The number of thioether (sulfide) groups is 1. The van der Waals surface area contributed by atoms with Gasteiger partial charge in [0.1, 0.15) is 5.82 Å². The first-order valence-electron chi connectivity index (χ1n) is 5.72. The van der Waals surface area contributed by atoms with E-state index in [9.17, 15) is 4.39 Å². The van der Waals surface area contributed by atoms with E-state index in [1.807, 2.05) is 6.07 Å². The van der Waals surface area contributed by atoms with Gasteiger partial charge >= 0.3 is 0 Å². The molecule has 0 bridgehead atoms. The van der Waals surface area contributed by atoms with E-state index in [0.29, 0.717) is 5.56 Å². The van der Waals surface area contributed by atoms with Crippen LogP contribution in [0.4, 0.5) is 10.1 Å². The first-order valence-corrected chi connectivity index (χ1v) is 6.71. The summed E-state index contributed by atoms with van der Waals surface area (Å²) in [6.45, 7) is 5.99. The molecule has 92 valence electrons. The van der Waals surface area contributed by atoms with Gasteiger partial charge in [-0.1, -0.05) is 17.8 Å². The summed E-state index contributed by atoms with van der Waals surface area (Å²) >= 11 is 1.69. The number of hydrogen-bond acceptors (Lipinski definition) is 3. The van der Waals surface area contributed by atoms with Gasteiger partial charge in [0.05, 0.1) is 5.54 Å². The Balaban J connectivity index is 2.15. The van der Waals surface area contributed by atoms with E-state index in [2.05, 4.69) is 24.2 Å². The van der Waals surface area contributed by atoms with Gasteiger partial charge in [0, 0.05) is 11.4 Å². The van der Waals surface area contributed by atoms with Gasteiger partial charge in [0.15, 0.2) is 5.17 Å². The van der Waals surface area contributed by atoms with E-state index in [0.717, 1.165) is 23.0 Å². The van der Waals surface area contributed by atoms with Crippen molar-refractivity contribution in [1.82, 2.24) is 0 Å². The fourth-order valence-corrected chi connectivity index (χ4v) is 2.92. The van der Waals surface area contributed by atoms with Crippen molar-refractivity contribution in [3.63, 3.8) is 0 Å². The molecule has 1 aliphatic rings. The summed E-state index contributed by atoms with van der Waals surface area (Å²) in [6.07, 6.45) is 1.07. The molecule has 0 radical (unpaired) electrons. The quantitative estimate of drug-likeness (QED) is 0.821. The van der Waals surface area contributed by atoms with Gasteiger partial charge < -0.3 is 5.32 Å². The second-order valence-corrected chi connectivity index (χ2v) is 6.00. The highest BCUT2D eigenvalue weighted by Gasteiger charge is 2.22. The number of nitrogens with one attached hydrogen (secondary N) is 1. The van der Waals surface area contributed by atoms with Crippen LogP contribution >= 0.6 is 11.8 Å². The molecule has 0 spiro atoms. The lowest BCUT2D eigenvalue weighted by Crippen LogP contribution is -2.27. The van der Waals surface area contributed by atoms with E-state index in [-0.39, 0.29) is 11.4 Å². The van der Waals surface area contributed by atoms with Crippen LogP contribution in [-0.2, 0) is 0 Å². The number of halogens is 1. The fraction of sp³-hybridized carbons (Fsp3) is 0.462. The molecular weight excluding hydrogens is 235 g/mol. The van der Waals surface area contributed by atoms with Crippen molar-refractivity contribution in [2.45, 2.75) is 32.7 Å². The SMILES string of the molecule is Cc1ccc(NC2=NC(C)(C)CCS2)cc1F.